The minimum Gasteiger partial charge on any atom is -0.337 e. The molecule has 0 aliphatic carbocycles. The van der Waals surface area contributed by atoms with E-state index < -0.39 is 0 Å². The Morgan fingerprint density at radius 1 is 1.32 bits per heavy atom. The molecule has 0 spiro atoms. The molecule has 1 aliphatic heterocycles. The highest BCUT2D eigenvalue weighted by atomic mass is 16.2. The van der Waals surface area contributed by atoms with Gasteiger partial charge in [0.1, 0.15) is 0 Å². The smallest absolute Gasteiger partial charge is 0.237 e. The summed E-state index contributed by atoms with van der Waals surface area (Å²) in [4.78, 5) is 16.7. The predicted molar refractivity (Wildman–Crippen MR) is 79.9 cm³/mol. The van der Waals surface area contributed by atoms with Gasteiger partial charge in [0, 0.05) is 31.2 Å². The van der Waals surface area contributed by atoms with Crippen LogP contribution in [0, 0.1) is 5.92 Å². The number of amides is 1. The number of hydrogen-bond acceptors (Lipinski definition) is 3. The van der Waals surface area contributed by atoms with E-state index in [-0.39, 0.29) is 18.0 Å². The van der Waals surface area contributed by atoms with Gasteiger partial charge in [-0.25, -0.2) is 0 Å². The van der Waals surface area contributed by atoms with Gasteiger partial charge in [-0.3, -0.25) is 9.69 Å². The Kier molecular flexibility index (Phi) is 6.27. The molecule has 1 saturated heterocycles. The van der Waals surface area contributed by atoms with E-state index >= 15 is 0 Å². The van der Waals surface area contributed by atoms with Crippen molar-refractivity contribution >= 4 is 5.91 Å². The molecule has 2 atom stereocenters. The Labute approximate surface area is 118 Å². The van der Waals surface area contributed by atoms with Crippen molar-refractivity contribution < 1.29 is 4.79 Å². The number of nitrogens with two attached hydrogens (primary N) is 1. The zero-order chi connectivity index (χ0) is 14.6. The lowest BCUT2D eigenvalue weighted by Crippen LogP contribution is -2.52. The zero-order valence-electron chi connectivity index (χ0n) is 13.2. The monoisotopic (exact) mass is 269 g/mol. The van der Waals surface area contributed by atoms with Crippen molar-refractivity contribution in [2.24, 2.45) is 11.7 Å². The third-order valence-corrected chi connectivity index (χ3v) is 4.16. The first-order valence-electron chi connectivity index (χ1n) is 7.65. The van der Waals surface area contributed by atoms with Crippen molar-refractivity contribution in [3.05, 3.63) is 0 Å². The van der Waals surface area contributed by atoms with Gasteiger partial charge in [0.05, 0.1) is 6.54 Å². The summed E-state index contributed by atoms with van der Waals surface area (Å²) in [5.41, 5.74) is 6.12. The molecule has 0 saturated carbocycles. The third-order valence-electron chi connectivity index (χ3n) is 4.16. The van der Waals surface area contributed by atoms with Crippen LogP contribution in [0.15, 0.2) is 0 Å². The molecule has 1 amide bonds. The fourth-order valence-electron chi connectivity index (χ4n) is 3.15. The van der Waals surface area contributed by atoms with Crippen LogP contribution >= 0.6 is 0 Å². The van der Waals surface area contributed by atoms with Crippen LogP contribution in [-0.4, -0.2) is 53.5 Å². The van der Waals surface area contributed by atoms with Crippen LogP contribution in [0.5, 0.6) is 0 Å². The summed E-state index contributed by atoms with van der Waals surface area (Å²) in [6.45, 7) is 13.0. The Bertz CT molecular complexity index is 283. The molecule has 0 bridgehead atoms. The van der Waals surface area contributed by atoms with E-state index in [4.69, 9.17) is 5.73 Å². The van der Waals surface area contributed by atoms with Crippen molar-refractivity contribution in [2.75, 3.05) is 19.6 Å². The Morgan fingerprint density at radius 3 is 2.37 bits per heavy atom. The molecule has 0 aromatic heterocycles. The molecule has 4 nitrogen and oxygen atoms in total. The predicted octanol–water partition coefficient (Wildman–Crippen LogP) is 1.69. The van der Waals surface area contributed by atoms with Crippen LogP contribution in [0.3, 0.4) is 0 Å². The molecule has 0 aromatic rings. The number of hydrogen-bond donors (Lipinski definition) is 1. The molecule has 2 N–H and O–H groups in total. The van der Waals surface area contributed by atoms with Crippen LogP contribution in [0.1, 0.15) is 47.5 Å². The topological polar surface area (TPSA) is 49.6 Å². The number of likely N-dealkylation sites (tertiary alicyclic amines) is 1. The molecule has 0 radical (unpaired) electrons. The quantitative estimate of drug-likeness (QED) is 0.826. The number of rotatable bonds is 5. The molecule has 1 aliphatic rings. The van der Waals surface area contributed by atoms with E-state index in [1.165, 1.54) is 0 Å². The number of piperidine rings is 1. The first-order valence-corrected chi connectivity index (χ1v) is 7.65. The molecule has 0 aromatic carbocycles. The minimum absolute atomic E-state index is 0.246. The first kappa shape index (κ1) is 16.4. The molecular formula is C15H31N3O. The average Bonchev–Trinajstić information content (AvgIpc) is 2.30. The SMILES string of the molecule is CCC1CN(CC(=O)N(C(C)C)C(C)C)CCC1N. The zero-order valence-corrected chi connectivity index (χ0v) is 13.2. The van der Waals surface area contributed by atoms with Gasteiger partial charge in [-0.1, -0.05) is 13.3 Å². The van der Waals surface area contributed by atoms with Crippen LogP contribution in [0.4, 0.5) is 0 Å². The molecule has 112 valence electrons. The summed E-state index contributed by atoms with van der Waals surface area (Å²) in [5.74, 6) is 0.781. The highest BCUT2D eigenvalue weighted by Gasteiger charge is 2.28. The lowest BCUT2D eigenvalue weighted by atomic mass is 9.91. The normalized spacial score (nSPS) is 25.1. The van der Waals surface area contributed by atoms with Gasteiger partial charge in [0.15, 0.2) is 0 Å². The molecule has 19 heavy (non-hydrogen) atoms. The van der Waals surface area contributed by atoms with Gasteiger partial charge < -0.3 is 10.6 Å². The lowest BCUT2D eigenvalue weighted by molar-refractivity contribution is -0.136. The number of carbonyl (C=O) groups excluding carboxylic acids is 1. The minimum atomic E-state index is 0.246. The van der Waals surface area contributed by atoms with Gasteiger partial charge in [-0.2, -0.15) is 0 Å². The highest BCUT2D eigenvalue weighted by molar-refractivity contribution is 5.78. The second kappa shape index (κ2) is 7.25. The van der Waals surface area contributed by atoms with Gasteiger partial charge >= 0.3 is 0 Å². The second-order valence-electron chi connectivity index (χ2n) is 6.34. The first-order chi connectivity index (χ1) is 8.86. The van der Waals surface area contributed by atoms with Crippen molar-refractivity contribution in [1.82, 2.24) is 9.80 Å². The molecule has 2 unspecified atom stereocenters. The maximum atomic E-state index is 12.4. The Hall–Kier alpha value is -0.610. The number of nitrogens with zero attached hydrogens (tertiary/aromatic N) is 2. The van der Waals surface area contributed by atoms with E-state index in [1.807, 2.05) is 4.90 Å². The van der Waals surface area contributed by atoms with E-state index in [0.717, 1.165) is 25.9 Å². The Balaban J connectivity index is 2.56. The third kappa shape index (κ3) is 4.46. The maximum Gasteiger partial charge on any atom is 0.237 e. The summed E-state index contributed by atoms with van der Waals surface area (Å²) < 4.78 is 0. The molecular weight excluding hydrogens is 238 g/mol. The van der Waals surface area contributed by atoms with E-state index in [9.17, 15) is 4.79 Å². The van der Waals surface area contributed by atoms with E-state index in [2.05, 4.69) is 39.5 Å². The van der Waals surface area contributed by atoms with Crippen LogP contribution in [0.2, 0.25) is 0 Å². The second-order valence-corrected chi connectivity index (χ2v) is 6.34. The summed E-state index contributed by atoms with van der Waals surface area (Å²) >= 11 is 0. The molecule has 4 heteroatoms. The van der Waals surface area contributed by atoms with Gasteiger partial charge in [0.25, 0.3) is 0 Å². The average molecular weight is 269 g/mol. The Morgan fingerprint density at radius 2 is 1.89 bits per heavy atom. The van der Waals surface area contributed by atoms with Gasteiger partial charge in [0.2, 0.25) is 5.91 Å². The van der Waals surface area contributed by atoms with Crippen LogP contribution < -0.4 is 5.73 Å². The van der Waals surface area contributed by atoms with Crippen molar-refractivity contribution in [1.29, 1.82) is 0 Å². The van der Waals surface area contributed by atoms with Gasteiger partial charge in [-0.15, -0.1) is 0 Å². The van der Waals surface area contributed by atoms with Gasteiger partial charge in [-0.05, 0) is 40.0 Å². The summed E-state index contributed by atoms with van der Waals surface area (Å²) in [5, 5.41) is 0. The van der Waals surface area contributed by atoms with E-state index in [0.29, 0.717) is 18.5 Å². The number of carbonyl (C=O) groups is 1. The largest absolute Gasteiger partial charge is 0.337 e. The maximum absolute atomic E-state index is 12.4. The van der Waals surface area contributed by atoms with E-state index in [1.54, 1.807) is 0 Å². The summed E-state index contributed by atoms with van der Waals surface area (Å²) in [7, 11) is 0. The summed E-state index contributed by atoms with van der Waals surface area (Å²) in [6.07, 6.45) is 2.11. The summed E-state index contributed by atoms with van der Waals surface area (Å²) in [6, 6.07) is 0.839. The molecule has 1 rings (SSSR count). The fraction of sp³-hybridized carbons (Fsp3) is 0.933. The molecule has 1 heterocycles. The van der Waals surface area contributed by atoms with Crippen LogP contribution in [-0.2, 0) is 4.79 Å². The lowest BCUT2D eigenvalue weighted by Gasteiger charge is -2.38. The van der Waals surface area contributed by atoms with Crippen molar-refractivity contribution in [2.45, 2.75) is 65.6 Å². The van der Waals surface area contributed by atoms with Crippen molar-refractivity contribution in [3.63, 3.8) is 0 Å². The van der Waals surface area contributed by atoms with Crippen molar-refractivity contribution in [3.8, 4) is 0 Å². The van der Waals surface area contributed by atoms with Crippen LogP contribution in [0.25, 0.3) is 0 Å². The standard InChI is InChI=1S/C15H31N3O/c1-6-13-9-17(8-7-14(13)16)10-15(19)18(11(2)3)12(4)5/h11-14H,6-10,16H2,1-5H3. The molecule has 1 fully saturated rings. The highest BCUT2D eigenvalue weighted by Crippen LogP contribution is 2.19. The fourth-order valence-corrected chi connectivity index (χ4v) is 3.15.